The lowest BCUT2D eigenvalue weighted by Crippen LogP contribution is -2.45. The summed E-state index contributed by atoms with van der Waals surface area (Å²) in [6, 6.07) is 12.5. The maximum absolute atomic E-state index is 12.0. The molecule has 5 nitrogen and oxygen atoms in total. The molecule has 1 atom stereocenters. The highest BCUT2D eigenvalue weighted by Crippen LogP contribution is 2.00. The van der Waals surface area contributed by atoms with Crippen molar-refractivity contribution in [2.24, 2.45) is 0 Å². The fraction of sp³-hybridized carbons (Fsp3) is 0.235. The van der Waals surface area contributed by atoms with E-state index in [4.69, 9.17) is 0 Å². The molecule has 0 spiro atoms. The van der Waals surface area contributed by atoms with Crippen LogP contribution in [-0.2, 0) is 22.6 Å². The summed E-state index contributed by atoms with van der Waals surface area (Å²) in [6.07, 6.45) is 3.64. The predicted molar refractivity (Wildman–Crippen MR) is 83.8 cm³/mol. The van der Waals surface area contributed by atoms with Gasteiger partial charge in [-0.25, -0.2) is 0 Å². The van der Waals surface area contributed by atoms with Gasteiger partial charge in [-0.2, -0.15) is 0 Å². The molecule has 114 valence electrons. The van der Waals surface area contributed by atoms with Gasteiger partial charge in [0.15, 0.2) is 0 Å². The van der Waals surface area contributed by atoms with Crippen molar-refractivity contribution in [2.45, 2.75) is 25.9 Å². The number of nitrogens with one attached hydrogen (secondary N) is 2. The number of hydrogen-bond acceptors (Lipinski definition) is 3. The summed E-state index contributed by atoms with van der Waals surface area (Å²) in [7, 11) is 0. The number of aromatic nitrogens is 1. The Morgan fingerprint density at radius 1 is 1.09 bits per heavy atom. The van der Waals surface area contributed by atoms with Gasteiger partial charge in [-0.3, -0.25) is 14.6 Å². The van der Waals surface area contributed by atoms with Gasteiger partial charge in [0.1, 0.15) is 6.04 Å². The minimum absolute atomic E-state index is 0.171. The van der Waals surface area contributed by atoms with Gasteiger partial charge in [-0.15, -0.1) is 0 Å². The number of amides is 2. The van der Waals surface area contributed by atoms with Crippen LogP contribution in [0, 0.1) is 0 Å². The van der Waals surface area contributed by atoms with Crippen LogP contribution in [-0.4, -0.2) is 22.8 Å². The average molecular weight is 297 g/mol. The molecule has 0 saturated heterocycles. The molecule has 0 fully saturated rings. The van der Waals surface area contributed by atoms with Crippen LogP contribution in [0.4, 0.5) is 0 Å². The van der Waals surface area contributed by atoms with E-state index in [2.05, 4.69) is 15.6 Å². The second-order valence-electron chi connectivity index (χ2n) is 5.03. The maximum atomic E-state index is 12.0. The zero-order chi connectivity index (χ0) is 15.8. The first-order chi connectivity index (χ1) is 10.6. The van der Waals surface area contributed by atoms with E-state index in [1.807, 2.05) is 42.5 Å². The Morgan fingerprint density at radius 2 is 1.82 bits per heavy atom. The van der Waals surface area contributed by atoms with E-state index >= 15 is 0 Å². The molecule has 0 aliphatic heterocycles. The second kappa shape index (κ2) is 7.93. The predicted octanol–water partition coefficient (Wildman–Crippen LogP) is 1.45. The van der Waals surface area contributed by atoms with Crippen LogP contribution >= 0.6 is 0 Å². The summed E-state index contributed by atoms with van der Waals surface area (Å²) in [5, 5.41) is 5.47. The molecule has 0 aliphatic carbocycles. The number of carbonyl (C=O) groups is 2. The molecule has 1 heterocycles. The molecule has 1 aromatic carbocycles. The molecule has 0 saturated carbocycles. The molecular formula is C17H19N3O2. The molecule has 0 bridgehead atoms. The van der Waals surface area contributed by atoms with Gasteiger partial charge in [0, 0.05) is 18.9 Å². The molecule has 0 radical (unpaired) electrons. The van der Waals surface area contributed by atoms with E-state index < -0.39 is 6.04 Å². The zero-order valence-electron chi connectivity index (χ0n) is 12.5. The van der Waals surface area contributed by atoms with Crippen LogP contribution < -0.4 is 10.6 Å². The van der Waals surface area contributed by atoms with Gasteiger partial charge in [-0.05, 0) is 24.1 Å². The van der Waals surface area contributed by atoms with Gasteiger partial charge in [0.25, 0.3) is 0 Å². The summed E-state index contributed by atoms with van der Waals surface area (Å²) < 4.78 is 0. The minimum atomic E-state index is -0.576. The Morgan fingerprint density at radius 3 is 2.50 bits per heavy atom. The molecule has 2 amide bonds. The number of benzene rings is 1. The highest BCUT2D eigenvalue weighted by Gasteiger charge is 2.15. The highest BCUT2D eigenvalue weighted by molar-refractivity contribution is 5.88. The van der Waals surface area contributed by atoms with E-state index in [1.54, 1.807) is 19.3 Å². The lowest BCUT2D eigenvalue weighted by atomic mass is 10.1. The third-order valence-electron chi connectivity index (χ3n) is 3.17. The molecule has 2 N–H and O–H groups in total. The van der Waals surface area contributed by atoms with Gasteiger partial charge >= 0.3 is 0 Å². The number of pyridine rings is 1. The first kappa shape index (κ1) is 15.7. The average Bonchev–Trinajstić information content (AvgIpc) is 2.54. The summed E-state index contributed by atoms with van der Waals surface area (Å²) in [5.74, 6) is -0.388. The van der Waals surface area contributed by atoms with Crippen LogP contribution in [0.2, 0.25) is 0 Å². The van der Waals surface area contributed by atoms with Crippen LogP contribution in [0.5, 0.6) is 0 Å². The Bertz CT molecular complexity index is 614. The van der Waals surface area contributed by atoms with Crippen molar-refractivity contribution in [3.8, 4) is 0 Å². The molecule has 2 aromatic rings. The SMILES string of the molecule is C[C@H](NC(=O)Cc1ccccc1)C(=O)NCc1cccnc1. The molecule has 0 aliphatic rings. The van der Waals surface area contributed by atoms with E-state index in [0.717, 1.165) is 11.1 Å². The lowest BCUT2D eigenvalue weighted by Gasteiger charge is -2.14. The Kier molecular flexibility index (Phi) is 5.65. The summed E-state index contributed by atoms with van der Waals surface area (Å²) in [4.78, 5) is 27.8. The van der Waals surface area contributed by atoms with Crippen molar-refractivity contribution in [3.63, 3.8) is 0 Å². The largest absolute Gasteiger partial charge is 0.350 e. The fourth-order valence-electron chi connectivity index (χ4n) is 1.98. The van der Waals surface area contributed by atoms with Gasteiger partial charge in [-0.1, -0.05) is 36.4 Å². The zero-order valence-corrected chi connectivity index (χ0v) is 12.5. The number of rotatable bonds is 6. The quantitative estimate of drug-likeness (QED) is 0.847. The third kappa shape index (κ3) is 5.01. The van der Waals surface area contributed by atoms with Crippen molar-refractivity contribution < 1.29 is 9.59 Å². The van der Waals surface area contributed by atoms with Crippen molar-refractivity contribution in [2.75, 3.05) is 0 Å². The van der Waals surface area contributed by atoms with Gasteiger partial charge in [0.2, 0.25) is 11.8 Å². The van der Waals surface area contributed by atoms with Crippen molar-refractivity contribution in [1.29, 1.82) is 0 Å². The summed E-state index contributed by atoms with van der Waals surface area (Å²) in [6.45, 7) is 2.06. The molecular weight excluding hydrogens is 278 g/mol. The summed E-state index contributed by atoms with van der Waals surface area (Å²) in [5.41, 5.74) is 1.83. The first-order valence-corrected chi connectivity index (χ1v) is 7.15. The molecule has 1 aromatic heterocycles. The standard InChI is InChI=1S/C17H19N3O2/c1-13(17(22)19-12-15-8-5-9-18-11-15)20-16(21)10-14-6-3-2-4-7-14/h2-9,11,13H,10,12H2,1H3,(H,19,22)(H,20,21)/t13-/m0/s1. The molecule has 2 rings (SSSR count). The van der Waals surface area contributed by atoms with E-state index in [0.29, 0.717) is 6.54 Å². The molecule has 0 unspecified atom stereocenters. The minimum Gasteiger partial charge on any atom is -0.350 e. The fourth-order valence-corrected chi connectivity index (χ4v) is 1.98. The summed E-state index contributed by atoms with van der Waals surface area (Å²) >= 11 is 0. The van der Waals surface area contributed by atoms with Gasteiger partial charge in [0.05, 0.1) is 6.42 Å². The van der Waals surface area contributed by atoms with Crippen molar-refractivity contribution >= 4 is 11.8 Å². The molecule has 22 heavy (non-hydrogen) atoms. The maximum Gasteiger partial charge on any atom is 0.242 e. The topological polar surface area (TPSA) is 71.1 Å². The van der Waals surface area contributed by atoms with Crippen molar-refractivity contribution in [1.82, 2.24) is 15.6 Å². The smallest absolute Gasteiger partial charge is 0.242 e. The van der Waals surface area contributed by atoms with Crippen LogP contribution in [0.1, 0.15) is 18.1 Å². The second-order valence-corrected chi connectivity index (χ2v) is 5.03. The van der Waals surface area contributed by atoms with Gasteiger partial charge < -0.3 is 10.6 Å². The molecule has 5 heteroatoms. The Balaban J connectivity index is 1.77. The number of hydrogen-bond donors (Lipinski definition) is 2. The Labute approximate surface area is 129 Å². The first-order valence-electron chi connectivity index (χ1n) is 7.15. The highest BCUT2D eigenvalue weighted by atomic mass is 16.2. The Hall–Kier alpha value is -2.69. The monoisotopic (exact) mass is 297 g/mol. The van der Waals surface area contributed by atoms with E-state index in [9.17, 15) is 9.59 Å². The normalized spacial score (nSPS) is 11.5. The van der Waals surface area contributed by atoms with Crippen LogP contribution in [0.15, 0.2) is 54.9 Å². The van der Waals surface area contributed by atoms with Crippen LogP contribution in [0.25, 0.3) is 0 Å². The van der Waals surface area contributed by atoms with Crippen LogP contribution in [0.3, 0.4) is 0 Å². The van der Waals surface area contributed by atoms with Crippen molar-refractivity contribution in [3.05, 3.63) is 66.0 Å². The number of carbonyl (C=O) groups excluding carboxylic acids is 2. The number of nitrogens with zero attached hydrogens (tertiary/aromatic N) is 1. The lowest BCUT2D eigenvalue weighted by molar-refractivity contribution is -0.128. The van der Waals surface area contributed by atoms with E-state index in [-0.39, 0.29) is 18.2 Å². The van der Waals surface area contributed by atoms with E-state index in [1.165, 1.54) is 0 Å². The third-order valence-corrected chi connectivity index (χ3v) is 3.17.